The lowest BCUT2D eigenvalue weighted by Gasteiger charge is -2.17. The summed E-state index contributed by atoms with van der Waals surface area (Å²) in [6.45, 7) is 1.67. The molecule has 0 bridgehead atoms. The molecule has 0 aliphatic carbocycles. The van der Waals surface area contributed by atoms with Gasteiger partial charge in [0.1, 0.15) is 11.6 Å². The summed E-state index contributed by atoms with van der Waals surface area (Å²) in [7, 11) is 0. The van der Waals surface area contributed by atoms with Crippen LogP contribution in [0.4, 0.5) is 35.1 Å². The molecule has 0 unspecified atom stereocenters. The number of carbonyl (C=O) groups is 1. The minimum Gasteiger partial charge on any atom is -0.289 e. The fourth-order valence-corrected chi connectivity index (χ4v) is 2.69. The summed E-state index contributed by atoms with van der Waals surface area (Å²) in [5, 5.41) is 0. The quantitative estimate of drug-likeness (QED) is 0.470. The molecule has 0 radical (unpaired) electrons. The Bertz CT molecular complexity index is 806. The highest BCUT2D eigenvalue weighted by atomic mass is 19.4. The molecule has 0 N–H and O–H groups in total. The lowest BCUT2D eigenvalue weighted by Crippen LogP contribution is -2.17. The van der Waals surface area contributed by atoms with Crippen molar-refractivity contribution >= 4 is 5.78 Å². The Labute approximate surface area is 142 Å². The second-order valence-electron chi connectivity index (χ2n) is 5.51. The lowest BCUT2D eigenvalue weighted by molar-refractivity contribution is -0.141. The van der Waals surface area contributed by atoms with Gasteiger partial charge in [0.15, 0.2) is 5.78 Å². The van der Waals surface area contributed by atoms with E-state index in [9.17, 15) is 39.9 Å². The topological polar surface area (TPSA) is 17.1 Å². The Kier molecular flexibility index (Phi) is 4.87. The summed E-state index contributed by atoms with van der Waals surface area (Å²) in [6, 6.07) is 2.32. The summed E-state index contributed by atoms with van der Waals surface area (Å²) in [6.07, 6.45) is -10.2. The van der Waals surface area contributed by atoms with Crippen LogP contribution in [0, 0.1) is 25.5 Å². The zero-order chi connectivity index (χ0) is 20.0. The van der Waals surface area contributed by atoms with E-state index < -0.39 is 63.2 Å². The van der Waals surface area contributed by atoms with Gasteiger partial charge in [-0.2, -0.15) is 26.3 Å². The average molecular weight is 382 g/mol. The zero-order valence-corrected chi connectivity index (χ0v) is 13.2. The Morgan fingerprint density at radius 3 is 1.27 bits per heavy atom. The number of hydrogen-bond acceptors (Lipinski definition) is 1. The second kappa shape index (κ2) is 6.37. The first-order valence-corrected chi connectivity index (χ1v) is 7.04. The molecule has 2 aromatic carbocycles. The molecular weight excluding hydrogens is 372 g/mol. The van der Waals surface area contributed by atoms with Crippen LogP contribution >= 0.6 is 0 Å². The molecule has 0 heterocycles. The van der Waals surface area contributed by atoms with Gasteiger partial charge in [-0.3, -0.25) is 4.79 Å². The van der Waals surface area contributed by atoms with Crippen LogP contribution < -0.4 is 0 Å². The third-order valence-corrected chi connectivity index (χ3v) is 3.88. The number of alkyl halides is 6. The zero-order valence-electron chi connectivity index (χ0n) is 13.2. The minimum atomic E-state index is -5.10. The van der Waals surface area contributed by atoms with Gasteiger partial charge in [-0.25, -0.2) is 8.78 Å². The molecule has 0 saturated carbocycles. The van der Waals surface area contributed by atoms with Crippen LogP contribution in [0.15, 0.2) is 24.3 Å². The minimum absolute atomic E-state index is 0.409. The van der Waals surface area contributed by atoms with Crippen molar-refractivity contribution in [3.05, 3.63) is 69.3 Å². The number of halogens is 8. The second-order valence-corrected chi connectivity index (χ2v) is 5.51. The van der Waals surface area contributed by atoms with Crippen molar-refractivity contribution < 1.29 is 39.9 Å². The number of carbonyl (C=O) groups excluding carboxylic acids is 1. The Morgan fingerprint density at radius 1 is 0.692 bits per heavy atom. The maximum absolute atomic E-state index is 13.5. The predicted octanol–water partition coefficient (Wildman–Crippen LogP) is 5.85. The highest BCUT2D eigenvalue weighted by molar-refractivity contribution is 6.11. The molecule has 0 aliphatic heterocycles. The van der Waals surface area contributed by atoms with Crippen LogP contribution in [-0.4, -0.2) is 5.78 Å². The van der Waals surface area contributed by atoms with Crippen LogP contribution in [0.1, 0.15) is 38.2 Å². The van der Waals surface area contributed by atoms with E-state index in [1.165, 1.54) is 0 Å². The van der Waals surface area contributed by atoms with Gasteiger partial charge >= 0.3 is 12.4 Å². The first-order valence-electron chi connectivity index (χ1n) is 7.04. The molecule has 140 valence electrons. The SMILES string of the molecule is Cc1c(C(=O)c2ccc(F)c(C(F)(F)F)c2C)ccc(F)c1C(F)(F)F. The fraction of sp³-hybridized carbons (Fsp3) is 0.235. The van der Waals surface area contributed by atoms with Crippen molar-refractivity contribution in [1.29, 1.82) is 0 Å². The number of benzene rings is 2. The molecule has 0 aromatic heterocycles. The largest absolute Gasteiger partial charge is 0.419 e. The normalized spacial score (nSPS) is 12.4. The van der Waals surface area contributed by atoms with Crippen LogP contribution in [0.5, 0.6) is 0 Å². The standard InChI is InChI=1S/C17H10F8O/c1-7-9(3-5-11(18)13(7)16(20,21)22)15(26)10-4-6-12(19)14(8(10)2)17(23,24)25/h3-6H,1-2H3. The molecule has 0 saturated heterocycles. The summed E-state index contributed by atoms with van der Waals surface area (Å²) in [5.74, 6) is -4.42. The molecular formula is C17H10F8O. The Morgan fingerprint density at radius 2 is 1.00 bits per heavy atom. The van der Waals surface area contributed by atoms with Gasteiger partial charge in [0.2, 0.25) is 0 Å². The summed E-state index contributed by atoms with van der Waals surface area (Å²) < 4.78 is 105. The van der Waals surface area contributed by atoms with E-state index in [0.717, 1.165) is 26.0 Å². The van der Waals surface area contributed by atoms with Crippen molar-refractivity contribution in [2.45, 2.75) is 26.2 Å². The smallest absolute Gasteiger partial charge is 0.289 e. The first-order chi connectivity index (χ1) is 11.8. The van der Waals surface area contributed by atoms with E-state index in [2.05, 4.69) is 0 Å². The van der Waals surface area contributed by atoms with Gasteiger partial charge in [-0.15, -0.1) is 0 Å². The van der Waals surface area contributed by atoms with E-state index in [1.54, 1.807) is 0 Å². The molecule has 0 amide bonds. The predicted molar refractivity (Wildman–Crippen MR) is 75.7 cm³/mol. The van der Waals surface area contributed by atoms with Crippen molar-refractivity contribution in [2.75, 3.05) is 0 Å². The highest BCUT2D eigenvalue weighted by Gasteiger charge is 2.39. The van der Waals surface area contributed by atoms with Gasteiger partial charge in [0.25, 0.3) is 0 Å². The Hall–Kier alpha value is -2.45. The lowest BCUT2D eigenvalue weighted by atomic mass is 9.91. The molecule has 9 heteroatoms. The molecule has 1 nitrogen and oxygen atoms in total. The average Bonchev–Trinajstić information content (AvgIpc) is 2.43. The highest BCUT2D eigenvalue weighted by Crippen LogP contribution is 2.38. The Balaban J connectivity index is 2.69. The molecule has 0 spiro atoms. The van der Waals surface area contributed by atoms with Crippen molar-refractivity contribution in [3.8, 4) is 0 Å². The van der Waals surface area contributed by atoms with E-state index >= 15 is 0 Å². The van der Waals surface area contributed by atoms with E-state index in [4.69, 9.17) is 0 Å². The van der Waals surface area contributed by atoms with Gasteiger partial charge < -0.3 is 0 Å². The fourth-order valence-electron chi connectivity index (χ4n) is 2.69. The van der Waals surface area contributed by atoms with Crippen molar-refractivity contribution in [3.63, 3.8) is 0 Å². The third-order valence-electron chi connectivity index (χ3n) is 3.88. The molecule has 0 aliphatic rings. The van der Waals surface area contributed by atoms with E-state index in [0.29, 0.717) is 12.1 Å². The first kappa shape index (κ1) is 19.9. The van der Waals surface area contributed by atoms with Crippen molar-refractivity contribution in [2.24, 2.45) is 0 Å². The summed E-state index contributed by atoms with van der Waals surface area (Å²) >= 11 is 0. The van der Waals surface area contributed by atoms with Gasteiger partial charge in [0.05, 0.1) is 11.1 Å². The monoisotopic (exact) mass is 382 g/mol. The van der Waals surface area contributed by atoms with Crippen molar-refractivity contribution in [1.82, 2.24) is 0 Å². The molecule has 0 atom stereocenters. The molecule has 2 aromatic rings. The van der Waals surface area contributed by atoms with E-state index in [1.807, 2.05) is 0 Å². The maximum atomic E-state index is 13.5. The van der Waals surface area contributed by atoms with Crippen LogP contribution in [0.25, 0.3) is 0 Å². The van der Waals surface area contributed by atoms with Gasteiger partial charge in [-0.1, -0.05) is 0 Å². The number of ketones is 1. The van der Waals surface area contributed by atoms with Gasteiger partial charge in [-0.05, 0) is 49.2 Å². The molecule has 2 rings (SSSR count). The van der Waals surface area contributed by atoms with Crippen LogP contribution in [-0.2, 0) is 12.4 Å². The number of rotatable bonds is 2. The third kappa shape index (κ3) is 3.42. The number of hydrogen-bond donors (Lipinski definition) is 0. The van der Waals surface area contributed by atoms with Crippen LogP contribution in [0.3, 0.4) is 0 Å². The van der Waals surface area contributed by atoms with Crippen LogP contribution in [0.2, 0.25) is 0 Å². The summed E-state index contributed by atoms with van der Waals surface area (Å²) in [4.78, 5) is 12.5. The molecule has 26 heavy (non-hydrogen) atoms. The molecule has 0 fully saturated rings. The maximum Gasteiger partial charge on any atom is 0.419 e. The van der Waals surface area contributed by atoms with Gasteiger partial charge in [0, 0.05) is 11.1 Å². The summed E-state index contributed by atoms with van der Waals surface area (Å²) in [5.41, 5.74) is -6.14. The van der Waals surface area contributed by atoms with E-state index in [-0.39, 0.29) is 0 Å².